The van der Waals surface area contributed by atoms with Crippen LogP contribution in [0.1, 0.15) is 45.0 Å². The molecule has 0 radical (unpaired) electrons. The Morgan fingerprint density at radius 2 is 1.60 bits per heavy atom. The quantitative estimate of drug-likeness (QED) is 0.109. The number of aryl methyl sites for hydroxylation is 1. The van der Waals surface area contributed by atoms with Gasteiger partial charge in [-0.05, 0) is 113 Å². The predicted molar refractivity (Wildman–Crippen MR) is 237 cm³/mol. The second-order valence-electron chi connectivity index (χ2n) is 15.3. The molecule has 15 heteroatoms. The Balaban J connectivity index is 1.02. The molecule has 318 valence electrons. The molecule has 8 rings (SSSR count). The fourth-order valence-electron chi connectivity index (χ4n) is 7.58. The van der Waals surface area contributed by atoms with Gasteiger partial charge >= 0.3 is 5.97 Å². The molecule has 6 aromatic carbocycles. The standard InChI is InChI=1S/C48H38Cl2N4O8S/c1-28-3-2-4-38(19-28)63(59,60)54-26-36-24-44-41(52-47(56)45(62-44)34-14-16-37(17-15-34)61-27-31-9-18-39(49)40(50)20-31)22-35(36)23-43(54)46(55)53-42(48(57)58)21-29-5-10-32(11-6-29)33-12-7-30(25-51)8-13-33/h2-20,22,24,42-43,45H,21,23,26-27H2,1H3,(H,52,56)(H,53,55)(H,57,58)/t42-,43-,45?/m0/s1. The first-order chi connectivity index (χ1) is 30.2. The van der Waals surface area contributed by atoms with Crippen LogP contribution in [0.5, 0.6) is 11.5 Å². The first-order valence-electron chi connectivity index (χ1n) is 19.8. The monoisotopic (exact) mass is 900 g/mol. The van der Waals surface area contributed by atoms with Crippen LogP contribution in [0.25, 0.3) is 11.1 Å². The molecule has 3 N–H and O–H groups in total. The number of sulfonamides is 1. The van der Waals surface area contributed by atoms with E-state index in [0.717, 1.165) is 21.0 Å². The second-order valence-corrected chi connectivity index (χ2v) is 18.0. The third kappa shape index (κ3) is 9.40. The number of nitrogens with one attached hydrogen (secondary N) is 2. The molecule has 0 aliphatic carbocycles. The van der Waals surface area contributed by atoms with E-state index in [-0.39, 0.29) is 30.9 Å². The summed E-state index contributed by atoms with van der Waals surface area (Å²) >= 11 is 12.2. The Morgan fingerprint density at radius 3 is 2.27 bits per heavy atom. The average molecular weight is 902 g/mol. The summed E-state index contributed by atoms with van der Waals surface area (Å²) in [6.45, 7) is 1.76. The third-order valence-electron chi connectivity index (χ3n) is 11.0. The van der Waals surface area contributed by atoms with Gasteiger partial charge in [-0.2, -0.15) is 9.57 Å². The number of anilines is 1. The van der Waals surface area contributed by atoms with Crippen LogP contribution in [0, 0.1) is 18.3 Å². The van der Waals surface area contributed by atoms with Gasteiger partial charge in [0, 0.05) is 18.5 Å². The molecule has 0 bridgehead atoms. The number of carboxylic acid groups (broad SMARTS) is 1. The zero-order valence-electron chi connectivity index (χ0n) is 33.5. The van der Waals surface area contributed by atoms with Crippen LogP contribution in [-0.4, -0.2) is 47.7 Å². The van der Waals surface area contributed by atoms with Gasteiger partial charge in [0.05, 0.1) is 32.3 Å². The highest BCUT2D eigenvalue weighted by Gasteiger charge is 2.42. The molecule has 63 heavy (non-hydrogen) atoms. The van der Waals surface area contributed by atoms with E-state index in [0.29, 0.717) is 60.6 Å². The molecule has 0 saturated heterocycles. The minimum atomic E-state index is -4.31. The van der Waals surface area contributed by atoms with Crippen molar-refractivity contribution in [2.45, 2.75) is 56.0 Å². The molecule has 2 heterocycles. The Bertz CT molecular complexity index is 2900. The van der Waals surface area contributed by atoms with Crippen LogP contribution < -0.4 is 20.1 Å². The Labute approximate surface area is 373 Å². The van der Waals surface area contributed by atoms with Crippen molar-refractivity contribution in [2.24, 2.45) is 0 Å². The van der Waals surface area contributed by atoms with Gasteiger partial charge in [-0.3, -0.25) is 9.59 Å². The molecule has 0 fully saturated rings. The van der Waals surface area contributed by atoms with Crippen molar-refractivity contribution in [1.82, 2.24) is 9.62 Å². The first kappa shape index (κ1) is 43.0. The fourth-order valence-corrected chi connectivity index (χ4v) is 9.57. The number of ether oxygens (including phenoxy) is 2. The Morgan fingerprint density at radius 1 is 0.905 bits per heavy atom. The maximum atomic E-state index is 14.4. The zero-order chi connectivity index (χ0) is 44.4. The molecular weight excluding hydrogens is 864 g/mol. The Kier molecular flexibility index (Phi) is 12.3. The van der Waals surface area contributed by atoms with Gasteiger partial charge in [0.15, 0.2) is 0 Å². The number of aliphatic carboxylic acids is 1. The zero-order valence-corrected chi connectivity index (χ0v) is 35.9. The number of nitriles is 1. The second kappa shape index (κ2) is 18.0. The number of carbonyl (C=O) groups is 3. The maximum absolute atomic E-state index is 14.4. The van der Waals surface area contributed by atoms with Gasteiger partial charge in [-0.25, -0.2) is 13.2 Å². The number of rotatable bonds is 12. The van der Waals surface area contributed by atoms with Gasteiger partial charge < -0.3 is 25.2 Å². The SMILES string of the molecule is Cc1cccc(S(=O)(=O)N2Cc3cc4c(cc3C[C@H]2C(=O)N[C@@H](Cc2ccc(-c3ccc(C#N)cc3)cc2)C(=O)O)NC(=O)C(c2ccc(OCc3ccc(Cl)c(Cl)c3)cc2)O4)c1. The summed E-state index contributed by atoms with van der Waals surface area (Å²) in [7, 11) is -4.31. The smallest absolute Gasteiger partial charge is 0.326 e. The van der Waals surface area contributed by atoms with Crippen LogP contribution >= 0.6 is 23.2 Å². The normalized spacial score (nSPS) is 16.3. The molecule has 2 amide bonds. The van der Waals surface area contributed by atoms with Crippen LogP contribution in [0.15, 0.2) is 132 Å². The lowest BCUT2D eigenvalue weighted by Gasteiger charge is -2.37. The van der Waals surface area contributed by atoms with Crippen molar-refractivity contribution in [2.75, 3.05) is 5.32 Å². The summed E-state index contributed by atoms with van der Waals surface area (Å²) in [5, 5.41) is 25.8. The topological polar surface area (TPSA) is 175 Å². The van der Waals surface area contributed by atoms with Gasteiger partial charge in [0.2, 0.25) is 22.0 Å². The highest BCUT2D eigenvalue weighted by atomic mass is 35.5. The molecule has 0 spiro atoms. The third-order valence-corrected chi connectivity index (χ3v) is 13.5. The van der Waals surface area contributed by atoms with Crippen molar-refractivity contribution in [3.05, 3.63) is 176 Å². The number of hydrogen-bond donors (Lipinski definition) is 3. The van der Waals surface area contributed by atoms with Crippen LogP contribution in [-0.2, 0) is 50.4 Å². The van der Waals surface area contributed by atoms with Gasteiger partial charge in [-0.15, -0.1) is 0 Å². The number of amides is 2. The lowest BCUT2D eigenvalue weighted by molar-refractivity contribution is -0.142. The van der Waals surface area contributed by atoms with Crippen LogP contribution in [0.3, 0.4) is 0 Å². The molecule has 0 aromatic heterocycles. The van der Waals surface area contributed by atoms with Crippen molar-refractivity contribution in [3.63, 3.8) is 0 Å². The number of hydrogen-bond acceptors (Lipinski definition) is 8. The van der Waals surface area contributed by atoms with E-state index in [2.05, 4.69) is 16.7 Å². The summed E-state index contributed by atoms with van der Waals surface area (Å²) < 4.78 is 42.1. The first-order valence-corrected chi connectivity index (χ1v) is 22.0. The summed E-state index contributed by atoms with van der Waals surface area (Å²) in [4.78, 5) is 40.3. The van der Waals surface area contributed by atoms with Gasteiger partial charge in [0.1, 0.15) is 30.2 Å². The molecular formula is C48H38Cl2N4O8S. The van der Waals surface area contributed by atoms with Crippen molar-refractivity contribution in [1.29, 1.82) is 5.26 Å². The van der Waals surface area contributed by atoms with Crippen molar-refractivity contribution < 1.29 is 37.4 Å². The highest BCUT2D eigenvalue weighted by Crippen LogP contribution is 2.41. The van der Waals surface area contributed by atoms with E-state index in [1.165, 1.54) is 12.1 Å². The number of carboxylic acids is 1. The van der Waals surface area contributed by atoms with E-state index in [1.807, 2.05) is 30.3 Å². The number of benzene rings is 6. The summed E-state index contributed by atoms with van der Waals surface area (Å²) in [5.41, 5.74) is 6.43. The van der Waals surface area contributed by atoms with Crippen molar-refractivity contribution in [3.8, 4) is 28.7 Å². The maximum Gasteiger partial charge on any atom is 0.326 e. The Hall–Kier alpha value is -6.69. The van der Waals surface area contributed by atoms with Gasteiger partial charge in [0.25, 0.3) is 5.91 Å². The van der Waals surface area contributed by atoms with Crippen LogP contribution in [0.4, 0.5) is 5.69 Å². The molecule has 1 unspecified atom stereocenters. The van der Waals surface area contributed by atoms with E-state index < -0.39 is 46.0 Å². The lowest BCUT2D eigenvalue weighted by atomic mass is 9.93. The molecule has 2 aliphatic rings. The summed E-state index contributed by atoms with van der Waals surface area (Å²) in [6.07, 6.45) is -1.22. The predicted octanol–water partition coefficient (Wildman–Crippen LogP) is 8.42. The molecule has 0 saturated carbocycles. The molecule has 3 atom stereocenters. The minimum absolute atomic E-state index is 0.0215. The highest BCUT2D eigenvalue weighted by molar-refractivity contribution is 7.89. The van der Waals surface area contributed by atoms with E-state index in [1.54, 1.807) is 91.9 Å². The van der Waals surface area contributed by atoms with E-state index >= 15 is 0 Å². The average Bonchev–Trinajstić information content (AvgIpc) is 3.28. The number of halogens is 2. The fraction of sp³-hybridized carbons (Fsp3) is 0.167. The van der Waals surface area contributed by atoms with E-state index in [9.17, 15) is 27.9 Å². The molecule has 2 aliphatic heterocycles. The number of fused-ring (bicyclic) bond motifs is 2. The van der Waals surface area contributed by atoms with Crippen LogP contribution in [0.2, 0.25) is 10.0 Å². The summed E-state index contributed by atoms with van der Waals surface area (Å²) in [5.74, 6) is -1.66. The molecule has 6 aromatic rings. The lowest BCUT2D eigenvalue weighted by Crippen LogP contribution is -2.55. The van der Waals surface area contributed by atoms with Crippen molar-refractivity contribution >= 4 is 56.7 Å². The number of nitrogens with zero attached hydrogens (tertiary/aromatic N) is 2. The largest absolute Gasteiger partial charge is 0.489 e. The molecule has 12 nitrogen and oxygen atoms in total. The van der Waals surface area contributed by atoms with Gasteiger partial charge in [-0.1, -0.05) is 89.9 Å². The summed E-state index contributed by atoms with van der Waals surface area (Å²) in [6, 6.07) is 35.3. The van der Waals surface area contributed by atoms with E-state index in [4.69, 9.17) is 37.9 Å². The minimum Gasteiger partial charge on any atom is -0.489 e. The number of carbonyl (C=O) groups excluding carboxylic acids is 2.